The monoisotopic (exact) mass is 266 g/mol. The van der Waals surface area contributed by atoms with E-state index < -0.39 is 0 Å². The Morgan fingerprint density at radius 2 is 1.95 bits per heavy atom. The molecule has 3 atom stereocenters. The van der Waals surface area contributed by atoms with E-state index in [-0.39, 0.29) is 11.0 Å². The van der Waals surface area contributed by atoms with Gasteiger partial charge in [0, 0.05) is 36.6 Å². The molecular weight excluding hydrogens is 236 g/mol. The molecule has 0 aromatic carbocycles. The van der Waals surface area contributed by atoms with E-state index in [0.29, 0.717) is 12.0 Å². The van der Waals surface area contributed by atoms with Gasteiger partial charge in [0.1, 0.15) is 0 Å². The van der Waals surface area contributed by atoms with Crippen LogP contribution in [0.3, 0.4) is 0 Å². The third-order valence-electron chi connectivity index (χ3n) is 6.22. The quantitative estimate of drug-likeness (QED) is 0.848. The molecule has 3 rings (SSSR count). The predicted octanol–water partition coefficient (Wildman–Crippen LogP) is 2.25. The summed E-state index contributed by atoms with van der Waals surface area (Å²) in [6.07, 6.45) is 7.09. The summed E-state index contributed by atoms with van der Waals surface area (Å²) in [7, 11) is 2.25. The number of fused-ring (bicyclic) bond motifs is 1. The van der Waals surface area contributed by atoms with Crippen molar-refractivity contribution >= 4 is 0 Å². The molecular formula is C16H30N2O. The Kier molecular flexibility index (Phi) is 3.43. The Balaban J connectivity index is 1.63. The van der Waals surface area contributed by atoms with Gasteiger partial charge < -0.3 is 15.4 Å². The second-order valence-corrected chi connectivity index (χ2v) is 7.80. The standard InChI is InChI=1S/C16H30N2O/c1-15(2)14-13(8-5-9-19-14)16(15,17)11-18(3)10-12-6-4-7-12/h12-14H,4-11,17H2,1-3H3. The largest absolute Gasteiger partial charge is 0.377 e. The lowest BCUT2D eigenvalue weighted by Crippen LogP contribution is -2.80. The highest BCUT2D eigenvalue weighted by atomic mass is 16.5. The zero-order valence-electron chi connectivity index (χ0n) is 12.8. The fourth-order valence-corrected chi connectivity index (χ4v) is 4.61. The van der Waals surface area contributed by atoms with E-state index in [1.807, 2.05) is 0 Å². The maximum absolute atomic E-state index is 6.85. The van der Waals surface area contributed by atoms with E-state index in [4.69, 9.17) is 10.5 Å². The molecule has 2 N–H and O–H groups in total. The minimum Gasteiger partial charge on any atom is -0.377 e. The van der Waals surface area contributed by atoms with E-state index >= 15 is 0 Å². The minimum absolute atomic E-state index is 0.0589. The number of hydrogen-bond acceptors (Lipinski definition) is 3. The second-order valence-electron chi connectivity index (χ2n) is 7.80. The molecule has 0 radical (unpaired) electrons. The smallest absolute Gasteiger partial charge is 0.0690 e. The SMILES string of the molecule is CN(CC1CCC1)CC1(N)C2CCCOC2C1(C)C. The topological polar surface area (TPSA) is 38.5 Å². The van der Waals surface area contributed by atoms with E-state index in [0.717, 1.165) is 19.1 Å². The van der Waals surface area contributed by atoms with Crippen LogP contribution in [0.1, 0.15) is 46.0 Å². The first-order chi connectivity index (χ1) is 8.95. The van der Waals surface area contributed by atoms with E-state index in [1.165, 1.54) is 38.6 Å². The van der Waals surface area contributed by atoms with Gasteiger partial charge in [-0.05, 0) is 38.6 Å². The first-order valence-electron chi connectivity index (χ1n) is 8.04. The van der Waals surface area contributed by atoms with Crippen molar-refractivity contribution in [3.63, 3.8) is 0 Å². The molecule has 0 spiro atoms. The third kappa shape index (κ3) is 2.05. The van der Waals surface area contributed by atoms with Crippen molar-refractivity contribution in [2.75, 3.05) is 26.7 Å². The van der Waals surface area contributed by atoms with E-state index in [9.17, 15) is 0 Å². The fourth-order valence-electron chi connectivity index (χ4n) is 4.61. The number of rotatable bonds is 4. The molecule has 19 heavy (non-hydrogen) atoms. The maximum Gasteiger partial charge on any atom is 0.0690 e. The number of nitrogens with zero attached hydrogens (tertiary/aromatic N) is 1. The van der Waals surface area contributed by atoms with Gasteiger partial charge in [-0.15, -0.1) is 0 Å². The van der Waals surface area contributed by atoms with Crippen LogP contribution in [0.15, 0.2) is 0 Å². The highest BCUT2D eigenvalue weighted by Crippen LogP contribution is 2.57. The summed E-state index contributed by atoms with van der Waals surface area (Å²) in [5, 5.41) is 0. The summed E-state index contributed by atoms with van der Waals surface area (Å²) in [5.74, 6) is 1.50. The highest BCUT2D eigenvalue weighted by Gasteiger charge is 2.66. The summed E-state index contributed by atoms with van der Waals surface area (Å²) in [5.41, 5.74) is 6.91. The van der Waals surface area contributed by atoms with Gasteiger partial charge in [0.2, 0.25) is 0 Å². The molecule has 2 aliphatic carbocycles. The van der Waals surface area contributed by atoms with E-state index in [1.54, 1.807) is 0 Å². The first kappa shape index (κ1) is 13.8. The van der Waals surface area contributed by atoms with Crippen LogP contribution in [0, 0.1) is 17.3 Å². The zero-order valence-corrected chi connectivity index (χ0v) is 12.8. The molecule has 3 fully saturated rings. The summed E-state index contributed by atoms with van der Waals surface area (Å²) in [6, 6.07) is 0. The summed E-state index contributed by atoms with van der Waals surface area (Å²) in [6.45, 7) is 7.79. The Bertz CT molecular complexity index is 340. The van der Waals surface area contributed by atoms with Crippen molar-refractivity contribution in [2.24, 2.45) is 23.0 Å². The van der Waals surface area contributed by atoms with Crippen LogP contribution >= 0.6 is 0 Å². The molecule has 0 aromatic heterocycles. The lowest BCUT2D eigenvalue weighted by atomic mass is 9.46. The fraction of sp³-hybridized carbons (Fsp3) is 1.00. The molecule has 3 aliphatic rings. The average molecular weight is 266 g/mol. The number of likely N-dealkylation sites (N-methyl/N-ethyl adjacent to an activating group) is 1. The first-order valence-corrected chi connectivity index (χ1v) is 8.04. The van der Waals surface area contributed by atoms with Gasteiger partial charge in [-0.25, -0.2) is 0 Å². The normalized spacial score (nSPS) is 41.5. The molecule has 3 heteroatoms. The summed E-state index contributed by atoms with van der Waals surface area (Å²) >= 11 is 0. The van der Waals surface area contributed by atoms with Crippen molar-refractivity contribution in [1.29, 1.82) is 0 Å². The van der Waals surface area contributed by atoms with Crippen molar-refractivity contribution in [3.05, 3.63) is 0 Å². The molecule has 3 nitrogen and oxygen atoms in total. The Labute approximate surface area is 117 Å². The lowest BCUT2D eigenvalue weighted by Gasteiger charge is -2.67. The molecule has 2 saturated carbocycles. The van der Waals surface area contributed by atoms with Crippen LogP contribution in [-0.2, 0) is 4.74 Å². The van der Waals surface area contributed by atoms with Gasteiger partial charge in [0.05, 0.1) is 6.10 Å². The van der Waals surface area contributed by atoms with Gasteiger partial charge in [-0.2, -0.15) is 0 Å². The minimum atomic E-state index is -0.0589. The third-order valence-corrected chi connectivity index (χ3v) is 6.22. The molecule has 1 heterocycles. The molecule has 0 amide bonds. The number of ether oxygens (including phenoxy) is 1. The van der Waals surface area contributed by atoms with Crippen LogP contribution in [0.25, 0.3) is 0 Å². The zero-order chi connectivity index (χ0) is 13.7. The molecule has 0 aromatic rings. The van der Waals surface area contributed by atoms with Crippen molar-refractivity contribution < 1.29 is 4.74 Å². The molecule has 110 valence electrons. The predicted molar refractivity (Wildman–Crippen MR) is 78.0 cm³/mol. The molecule has 1 saturated heterocycles. The highest BCUT2D eigenvalue weighted by molar-refractivity contribution is 5.20. The van der Waals surface area contributed by atoms with Crippen LogP contribution in [0.5, 0.6) is 0 Å². The lowest BCUT2D eigenvalue weighted by molar-refractivity contribution is -0.231. The van der Waals surface area contributed by atoms with Gasteiger partial charge in [-0.3, -0.25) is 0 Å². The Hall–Kier alpha value is -0.120. The van der Waals surface area contributed by atoms with Crippen LogP contribution < -0.4 is 5.73 Å². The number of hydrogen-bond donors (Lipinski definition) is 1. The molecule has 0 bridgehead atoms. The van der Waals surface area contributed by atoms with Crippen LogP contribution in [0.2, 0.25) is 0 Å². The summed E-state index contributed by atoms with van der Waals surface area (Å²) < 4.78 is 5.98. The van der Waals surface area contributed by atoms with Crippen LogP contribution in [0.4, 0.5) is 0 Å². The van der Waals surface area contributed by atoms with Crippen molar-refractivity contribution in [2.45, 2.75) is 57.6 Å². The van der Waals surface area contributed by atoms with Gasteiger partial charge in [0.25, 0.3) is 0 Å². The van der Waals surface area contributed by atoms with Crippen molar-refractivity contribution in [1.82, 2.24) is 4.90 Å². The molecule has 1 aliphatic heterocycles. The second kappa shape index (κ2) is 4.71. The maximum atomic E-state index is 6.85. The van der Waals surface area contributed by atoms with Gasteiger partial charge in [0.15, 0.2) is 0 Å². The van der Waals surface area contributed by atoms with Crippen molar-refractivity contribution in [3.8, 4) is 0 Å². The van der Waals surface area contributed by atoms with Gasteiger partial charge >= 0.3 is 0 Å². The Morgan fingerprint density at radius 1 is 1.21 bits per heavy atom. The Morgan fingerprint density at radius 3 is 2.58 bits per heavy atom. The van der Waals surface area contributed by atoms with E-state index in [2.05, 4.69) is 25.8 Å². The molecule has 3 unspecified atom stereocenters. The summed E-state index contributed by atoms with van der Waals surface area (Å²) in [4.78, 5) is 2.48. The average Bonchev–Trinajstić information content (AvgIpc) is 2.34. The van der Waals surface area contributed by atoms with Gasteiger partial charge in [-0.1, -0.05) is 20.3 Å². The number of nitrogens with two attached hydrogens (primary N) is 1. The van der Waals surface area contributed by atoms with Crippen LogP contribution in [-0.4, -0.2) is 43.3 Å².